The minimum Gasteiger partial charge on any atom is -0.361 e. The van der Waals surface area contributed by atoms with Gasteiger partial charge in [-0.1, -0.05) is 35.5 Å². The Morgan fingerprint density at radius 1 is 1.33 bits per heavy atom. The molecule has 2 unspecified atom stereocenters. The zero-order valence-electron chi connectivity index (χ0n) is 12.7. The number of carbonyl (C=O) groups excluding carboxylic acids is 1. The van der Waals surface area contributed by atoms with E-state index in [4.69, 9.17) is 4.52 Å². The number of aromatic nitrogens is 1. The van der Waals surface area contributed by atoms with Gasteiger partial charge in [0.2, 0.25) is 5.91 Å². The van der Waals surface area contributed by atoms with Crippen LogP contribution in [0.25, 0.3) is 0 Å². The monoisotopic (exact) mass is 284 g/mol. The number of benzene rings is 1. The normalized spacial score (nSPS) is 20.3. The largest absolute Gasteiger partial charge is 0.361 e. The average Bonchev–Trinajstić information content (AvgIpc) is 3.24. The Morgan fingerprint density at radius 2 is 2.05 bits per heavy atom. The van der Waals surface area contributed by atoms with Crippen molar-refractivity contribution in [1.29, 1.82) is 0 Å². The SMILES string of the molecule is Cc1noc(C)c1CN(C)C(=O)C1CC1c1ccccc1. The standard InChI is InChI=1S/C17H20N2O2/c1-11-16(12(2)21-18-11)10-19(3)17(20)15-9-14(15)13-7-5-4-6-8-13/h4-8,14-15H,9-10H2,1-3H3. The second-order valence-corrected chi connectivity index (χ2v) is 5.86. The van der Waals surface area contributed by atoms with Crippen LogP contribution in [0.1, 0.15) is 34.9 Å². The third-order valence-corrected chi connectivity index (χ3v) is 4.29. The van der Waals surface area contributed by atoms with Gasteiger partial charge in [-0.3, -0.25) is 4.79 Å². The van der Waals surface area contributed by atoms with Crippen LogP contribution in [0.3, 0.4) is 0 Å². The molecule has 0 saturated heterocycles. The van der Waals surface area contributed by atoms with Gasteiger partial charge in [0, 0.05) is 18.5 Å². The number of nitrogens with zero attached hydrogens (tertiary/aromatic N) is 2. The average molecular weight is 284 g/mol. The summed E-state index contributed by atoms with van der Waals surface area (Å²) < 4.78 is 5.15. The van der Waals surface area contributed by atoms with E-state index in [0.717, 1.165) is 23.4 Å². The topological polar surface area (TPSA) is 46.3 Å². The zero-order valence-corrected chi connectivity index (χ0v) is 12.7. The Balaban J connectivity index is 1.64. The molecule has 3 rings (SSSR count). The summed E-state index contributed by atoms with van der Waals surface area (Å²) in [6.45, 7) is 4.36. The number of hydrogen-bond donors (Lipinski definition) is 0. The Kier molecular flexibility index (Phi) is 3.53. The van der Waals surface area contributed by atoms with Gasteiger partial charge in [0.1, 0.15) is 5.76 Å². The maximum absolute atomic E-state index is 12.5. The van der Waals surface area contributed by atoms with E-state index in [2.05, 4.69) is 17.3 Å². The molecule has 0 N–H and O–H groups in total. The van der Waals surface area contributed by atoms with Gasteiger partial charge < -0.3 is 9.42 Å². The van der Waals surface area contributed by atoms with Gasteiger partial charge in [-0.2, -0.15) is 0 Å². The summed E-state index contributed by atoms with van der Waals surface area (Å²) in [6.07, 6.45) is 0.953. The molecular formula is C17H20N2O2. The summed E-state index contributed by atoms with van der Waals surface area (Å²) >= 11 is 0. The molecule has 1 saturated carbocycles. The highest BCUT2D eigenvalue weighted by molar-refractivity contribution is 5.82. The van der Waals surface area contributed by atoms with E-state index in [0.29, 0.717) is 12.5 Å². The lowest BCUT2D eigenvalue weighted by atomic mass is 10.1. The van der Waals surface area contributed by atoms with Crippen LogP contribution < -0.4 is 0 Å². The third kappa shape index (κ3) is 2.71. The highest BCUT2D eigenvalue weighted by Crippen LogP contribution is 2.48. The molecule has 0 bridgehead atoms. The molecule has 4 heteroatoms. The van der Waals surface area contributed by atoms with Crippen LogP contribution >= 0.6 is 0 Å². The third-order valence-electron chi connectivity index (χ3n) is 4.29. The van der Waals surface area contributed by atoms with Crippen LogP contribution in [0.2, 0.25) is 0 Å². The summed E-state index contributed by atoms with van der Waals surface area (Å²) in [4.78, 5) is 14.3. The molecule has 110 valence electrons. The molecular weight excluding hydrogens is 264 g/mol. The van der Waals surface area contributed by atoms with Crippen LogP contribution in [0.5, 0.6) is 0 Å². The predicted molar refractivity (Wildman–Crippen MR) is 79.7 cm³/mol. The van der Waals surface area contributed by atoms with Gasteiger partial charge in [0.25, 0.3) is 0 Å². The molecule has 1 aliphatic rings. The molecule has 1 amide bonds. The number of carbonyl (C=O) groups is 1. The Bertz CT molecular complexity index is 629. The Hall–Kier alpha value is -2.10. The van der Waals surface area contributed by atoms with Crippen LogP contribution in [-0.4, -0.2) is 23.0 Å². The smallest absolute Gasteiger partial charge is 0.226 e. The molecule has 1 aromatic heterocycles. The van der Waals surface area contributed by atoms with Crippen LogP contribution in [0.4, 0.5) is 0 Å². The van der Waals surface area contributed by atoms with Crippen molar-refractivity contribution >= 4 is 5.91 Å². The van der Waals surface area contributed by atoms with E-state index in [1.165, 1.54) is 5.56 Å². The molecule has 0 spiro atoms. The molecule has 0 aliphatic heterocycles. The fraction of sp³-hybridized carbons (Fsp3) is 0.412. The molecule has 1 aromatic carbocycles. The summed E-state index contributed by atoms with van der Waals surface area (Å²) in [5.74, 6) is 1.51. The number of aryl methyl sites for hydroxylation is 2. The van der Waals surface area contributed by atoms with Gasteiger partial charge >= 0.3 is 0 Å². The van der Waals surface area contributed by atoms with Gasteiger partial charge in [0.05, 0.1) is 12.2 Å². The summed E-state index contributed by atoms with van der Waals surface area (Å²) in [6, 6.07) is 10.3. The first kappa shape index (κ1) is 13.9. The van der Waals surface area contributed by atoms with Crippen LogP contribution in [0, 0.1) is 19.8 Å². The quantitative estimate of drug-likeness (QED) is 0.867. The summed E-state index contributed by atoms with van der Waals surface area (Å²) in [7, 11) is 1.86. The first-order valence-corrected chi connectivity index (χ1v) is 7.29. The van der Waals surface area contributed by atoms with Crippen molar-refractivity contribution in [3.8, 4) is 0 Å². The minimum absolute atomic E-state index is 0.123. The highest BCUT2D eigenvalue weighted by Gasteiger charge is 2.45. The minimum atomic E-state index is 0.123. The molecule has 1 heterocycles. The maximum Gasteiger partial charge on any atom is 0.226 e. The molecule has 21 heavy (non-hydrogen) atoms. The van der Waals surface area contributed by atoms with Crippen molar-refractivity contribution in [3.63, 3.8) is 0 Å². The van der Waals surface area contributed by atoms with E-state index < -0.39 is 0 Å². The highest BCUT2D eigenvalue weighted by atomic mass is 16.5. The lowest BCUT2D eigenvalue weighted by Gasteiger charge is -2.17. The van der Waals surface area contributed by atoms with Crippen molar-refractivity contribution in [2.75, 3.05) is 7.05 Å². The van der Waals surface area contributed by atoms with Crippen molar-refractivity contribution in [3.05, 3.63) is 52.9 Å². The van der Waals surface area contributed by atoms with E-state index in [1.54, 1.807) is 4.90 Å². The molecule has 2 aromatic rings. The van der Waals surface area contributed by atoms with E-state index in [-0.39, 0.29) is 11.8 Å². The second-order valence-electron chi connectivity index (χ2n) is 5.86. The van der Waals surface area contributed by atoms with Crippen molar-refractivity contribution in [2.24, 2.45) is 5.92 Å². The van der Waals surface area contributed by atoms with E-state index in [1.807, 2.05) is 39.1 Å². The summed E-state index contributed by atoms with van der Waals surface area (Å²) in [5.41, 5.74) is 3.15. The molecule has 0 radical (unpaired) electrons. The fourth-order valence-corrected chi connectivity index (χ4v) is 2.86. The summed E-state index contributed by atoms with van der Waals surface area (Å²) in [5, 5.41) is 3.94. The number of rotatable bonds is 4. The molecule has 2 atom stereocenters. The lowest BCUT2D eigenvalue weighted by Crippen LogP contribution is -2.28. The Morgan fingerprint density at radius 3 is 2.67 bits per heavy atom. The van der Waals surface area contributed by atoms with Gasteiger partial charge in [0.15, 0.2) is 0 Å². The van der Waals surface area contributed by atoms with Gasteiger partial charge in [-0.15, -0.1) is 0 Å². The first-order valence-electron chi connectivity index (χ1n) is 7.29. The van der Waals surface area contributed by atoms with Crippen molar-refractivity contribution in [1.82, 2.24) is 10.1 Å². The molecule has 1 aliphatic carbocycles. The van der Waals surface area contributed by atoms with Crippen molar-refractivity contribution < 1.29 is 9.32 Å². The second kappa shape index (κ2) is 5.35. The van der Waals surface area contributed by atoms with E-state index >= 15 is 0 Å². The van der Waals surface area contributed by atoms with Crippen LogP contribution in [0.15, 0.2) is 34.9 Å². The molecule has 1 fully saturated rings. The van der Waals surface area contributed by atoms with Crippen LogP contribution in [-0.2, 0) is 11.3 Å². The zero-order chi connectivity index (χ0) is 15.0. The van der Waals surface area contributed by atoms with Gasteiger partial charge in [-0.05, 0) is 31.7 Å². The fourth-order valence-electron chi connectivity index (χ4n) is 2.86. The lowest BCUT2D eigenvalue weighted by molar-refractivity contribution is -0.131. The van der Waals surface area contributed by atoms with Gasteiger partial charge in [-0.25, -0.2) is 0 Å². The van der Waals surface area contributed by atoms with Crippen molar-refractivity contribution in [2.45, 2.75) is 32.7 Å². The predicted octanol–water partition coefficient (Wildman–Crippen LogP) is 3.05. The number of amides is 1. The molecule has 4 nitrogen and oxygen atoms in total. The number of hydrogen-bond acceptors (Lipinski definition) is 3. The first-order chi connectivity index (χ1) is 10.1. The Labute approximate surface area is 124 Å². The van der Waals surface area contributed by atoms with E-state index in [9.17, 15) is 4.79 Å². The maximum atomic E-state index is 12.5.